The van der Waals surface area contributed by atoms with Crippen LogP contribution >= 0.6 is 0 Å². The fourth-order valence-electron chi connectivity index (χ4n) is 0.751. The SMILES string of the molecule is C=C(C)/C=C\C(=NC)/C(C)=C\C.CC. The van der Waals surface area contributed by atoms with E-state index in [0.717, 1.165) is 11.3 Å². The van der Waals surface area contributed by atoms with Gasteiger partial charge in [-0.1, -0.05) is 38.2 Å². The van der Waals surface area contributed by atoms with E-state index in [2.05, 4.69) is 11.6 Å². The standard InChI is InChI=1S/C11H17N.C2H6/c1-6-10(4)11(12-5)8-7-9(2)3;1-2/h6-8H,2H2,1,3-5H3;1-2H3/b8-7-,10-6-,12-11?;. The van der Waals surface area contributed by atoms with Crippen LogP contribution in [0.25, 0.3) is 0 Å². The average Bonchev–Trinajstić information content (AvgIpc) is 2.21. The van der Waals surface area contributed by atoms with Crippen molar-refractivity contribution < 1.29 is 0 Å². The molecule has 0 fully saturated rings. The van der Waals surface area contributed by atoms with Gasteiger partial charge in [-0.05, 0) is 32.4 Å². The Kier molecular flexibility index (Phi) is 10.9. The van der Waals surface area contributed by atoms with Gasteiger partial charge in [-0.3, -0.25) is 4.99 Å². The summed E-state index contributed by atoms with van der Waals surface area (Å²) in [7, 11) is 1.80. The molecule has 0 unspecified atom stereocenters. The minimum absolute atomic E-state index is 1.01. The monoisotopic (exact) mass is 193 g/mol. The van der Waals surface area contributed by atoms with Crippen molar-refractivity contribution >= 4 is 5.71 Å². The van der Waals surface area contributed by atoms with Gasteiger partial charge in [0.2, 0.25) is 0 Å². The summed E-state index contributed by atoms with van der Waals surface area (Å²) in [6.45, 7) is 13.8. The molecule has 0 aromatic heterocycles. The maximum absolute atomic E-state index is 4.15. The first-order valence-electron chi connectivity index (χ1n) is 5.05. The maximum Gasteiger partial charge on any atom is 0.0596 e. The van der Waals surface area contributed by atoms with E-state index in [1.165, 1.54) is 5.57 Å². The Balaban J connectivity index is 0. The molecule has 0 bridgehead atoms. The third kappa shape index (κ3) is 7.53. The molecule has 0 heterocycles. The van der Waals surface area contributed by atoms with E-state index in [1.807, 2.05) is 52.8 Å². The Morgan fingerprint density at radius 3 is 1.93 bits per heavy atom. The number of hydrogen-bond acceptors (Lipinski definition) is 1. The molecule has 0 radical (unpaired) electrons. The first kappa shape index (κ1) is 15.4. The average molecular weight is 193 g/mol. The second kappa shape index (κ2) is 9.97. The molecule has 1 nitrogen and oxygen atoms in total. The third-order valence-corrected chi connectivity index (χ3v) is 1.60. The largest absolute Gasteiger partial charge is 0.288 e. The van der Waals surface area contributed by atoms with Gasteiger partial charge >= 0.3 is 0 Å². The van der Waals surface area contributed by atoms with Crippen molar-refractivity contribution in [1.29, 1.82) is 0 Å². The van der Waals surface area contributed by atoms with Crippen molar-refractivity contribution in [2.75, 3.05) is 7.05 Å². The first-order valence-corrected chi connectivity index (χ1v) is 5.05. The Labute approximate surface area is 89.0 Å². The van der Waals surface area contributed by atoms with Gasteiger partial charge in [0.05, 0.1) is 5.71 Å². The highest BCUT2D eigenvalue weighted by Crippen LogP contribution is 2.00. The number of nitrogens with zero attached hydrogens (tertiary/aromatic N) is 1. The summed E-state index contributed by atoms with van der Waals surface area (Å²) in [5.41, 5.74) is 3.25. The minimum atomic E-state index is 1.01. The molecule has 0 N–H and O–H groups in total. The molecule has 0 aromatic carbocycles. The normalized spacial score (nSPS) is 12.4. The third-order valence-electron chi connectivity index (χ3n) is 1.60. The van der Waals surface area contributed by atoms with E-state index < -0.39 is 0 Å². The van der Waals surface area contributed by atoms with E-state index in [9.17, 15) is 0 Å². The molecule has 0 aliphatic rings. The Hall–Kier alpha value is -1.11. The first-order chi connectivity index (χ1) is 6.61. The molecule has 0 rings (SSSR count). The summed E-state index contributed by atoms with van der Waals surface area (Å²) in [5, 5.41) is 0. The van der Waals surface area contributed by atoms with Crippen LogP contribution in [0.1, 0.15) is 34.6 Å². The molecular weight excluding hydrogens is 170 g/mol. The number of aliphatic imine (C=N–C) groups is 1. The van der Waals surface area contributed by atoms with Gasteiger partial charge in [0.25, 0.3) is 0 Å². The van der Waals surface area contributed by atoms with Gasteiger partial charge in [0, 0.05) is 7.05 Å². The zero-order chi connectivity index (χ0) is 11.6. The van der Waals surface area contributed by atoms with E-state index in [0.29, 0.717) is 0 Å². The van der Waals surface area contributed by atoms with Crippen molar-refractivity contribution in [1.82, 2.24) is 0 Å². The summed E-state index contributed by atoms with van der Waals surface area (Å²) in [6, 6.07) is 0. The van der Waals surface area contributed by atoms with Crippen molar-refractivity contribution in [3.05, 3.63) is 36.0 Å². The second-order valence-electron chi connectivity index (χ2n) is 2.76. The molecule has 0 aliphatic heterocycles. The van der Waals surface area contributed by atoms with Crippen molar-refractivity contribution in [2.24, 2.45) is 4.99 Å². The van der Waals surface area contributed by atoms with Gasteiger partial charge in [-0.15, -0.1) is 0 Å². The van der Waals surface area contributed by atoms with Crippen LogP contribution in [0.3, 0.4) is 0 Å². The molecule has 0 aliphatic carbocycles. The van der Waals surface area contributed by atoms with Crippen LogP contribution in [0, 0.1) is 0 Å². The highest BCUT2D eigenvalue weighted by atomic mass is 14.7. The topological polar surface area (TPSA) is 12.4 Å². The summed E-state index contributed by atoms with van der Waals surface area (Å²) >= 11 is 0. The maximum atomic E-state index is 4.15. The van der Waals surface area contributed by atoms with Crippen LogP contribution in [-0.2, 0) is 0 Å². The predicted octanol–water partition coefficient (Wildman–Crippen LogP) is 4.18. The Morgan fingerprint density at radius 1 is 1.14 bits per heavy atom. The van der Waals surface area contributed by atoms with Gasteiger partial charge in [-0.2, -0.15) is 0 Å². The quantitative estimate of drug-likeness (QED) is 0.471. The van der Waals surface area contributed by atoms with Crippen LogP contribution in [-0.4, -0.2) is 12.8 Å². The zero-order valence-corrected chi connectivity index (χ0v) is 10.4. The Bertz CT molecular complexity index is 242. The highest BCUT2D eigenvalue weighted by molar-refractivity contribution is 6.08. The lowest BCUT2D eigenvalue weighted by Gasteiger charge is -1.98. The van der Waals surface area contributed by atoms with Crippen LogP contribution in [0.2, 0.25) is 0 Å². The van der Waals surface area contributed by atoms with Crippen LogP contribution < -0.4 is 0 Å². The summed E-state index contributed by atoms with van der Waals surface area (Å²) in [6.07, 6.45) is 6.00. The van der Waals surface area contributed by atoms with E-state index in [1.54, 1.807) is 7.05 Å². The van der Waals surface area contributed by atoms with Crippen LogP contribution in [0.15, 0.2) is 40.9 Å². The molecule has 0 aromatic rings. The smallest absolute Gasteiger partial charge is 0.0596 e. The van der Waals surface area contributed by atoms with E-state index in [4.69, 9.17) is 0 Å². The van der Waals surface area contributed by atoms with Crippen molar-refractivity contribution in [2.45, 2.75) is 34.6 Å². The molecule has 0 atom stereocenters. The fourth-order valence-corrected chi connectivity index (χ4v) is 0.751. The highest BCUT2D eigenvalue weighted by Gasteiger charge is 1.93. The van der Waals surface area contributed by atoms with Crippen LogP contribution in [0.5, 0.6) is 0 Å². The van der Waals surface area contributed by atoms with Crippen molar-refractivity contribution in [3.63, 3.8) is 0 Å². The molecule has 0 saturated carbocycles. The lowest BCUT2D eigenvalue weighted by Crippen LogP contribution is -1.94. The zero-order valence-electron chi connectivity index (χ0n) is 10.4. The van der Waals surface area contributed by atoms with Gasteiger partial charge in [0.1, 0.15) is 0 Å². The molecule has 0 saturated heterocycles. The molecular formula is C13H23N. The second-order valence-corrected chi connectivity index (χ2v) is 2.76. The van der Waals surface area contributed by atoms with Crippen LogP contribution in [0.4, 0.5) is 0 Å². The van der Waals surface area contributed by atoms with Gasteiger partial charge < -0.3 is 0 Å². The number of hydrogen-bond donors (Lipinski definition) is 0. The number of allylic oxidation sites excluding steroid dienone is 5. The van der Waals surface area contributed by atoms with E-state index >= 15 is 0 Å². The molecule has 1 heteroatoms. The Morgan fingerprint density at radius 2 is 1.64 bits per heavy atom. The van der Waals surface area contributed by atoms with Crippen molar-refractivity contribution in [3.8, 4) is 0 Å². The summed E-state index contributed by atoms with van der Waals surface area (Å²) in [4.78, 5) is 4.15. The lowest BCUT2D eigenvalue weighted by molar-refractivity contribution is 1.40. The molecule has 80 valence electrons. The predicted molar refractivity (Wildman–Crippen MR) is 68.1 cm³/mol. The summed E-state index contributed by atoms with van der Waals surface area (Å²) < 4.78 is 0. The minimum Gasteiger partial charge on any atom is -0.288 e. The summed E-state index contributed by atoms with van der Waals surface area (Å²) in [5.74, 6) is 0. The number of rotatable bonds is 3. The molecule has 0 amide bonds. The molecule has 0 spiro atoms. The van der Waals surface area contributed by atoms with Gasteiger partial charge in [0.15, 0.2) is 0 Å². The van der Waals surface area contributed by atoms with Gasteiger partial charge in [-0.25, -0.2) is 0 Å². The van der Waals surface area contributed by atoms with E-state index in [-0.39, 0.29) is 0 Å². The fraction of sp³-hybridized carbons (Fsp3) is 0.462. The lowest BCUT2D eigenvalue weighted by atomic mass is 10.1. The molecule has 14 heavy (non-hydrogen) atoms.